The van der Waals surface area contributed by atoms with E-state index in [9.17, 15) is 8.42 Å². The lowest BCUT2D eigenvalue weighted by Gasteiger charge is -2.32. The molecule has 1 heterocycles. The van der Waals surface area contributed by atoms with Crippen molar-refractivity contribution in [3.63, 3.8) is 0 Å². The average molecular weight is 243 g/mol. The van der Waals surface area contributed by atoms with Gasteiger partial charge in [-0.15, -0.1) is 0 Å². The number of hydrogen-bond acceptors (Lipinski definition) is 8. The van der Waals surface area contributed by atoms with Crippen LogP contribution < -0.4 is 5.32 Å². The second kappa shape index (κ2) is 4.70. The fourth-order valence-electron chi connectivity index (χ4n) is 0.956. The lowest BCUT2D eigenvalue weighted by molar-refractivity contribution is -0.0852. The largest absolute Gasteiger partial charge is 0.405 e. The molecule has 0 bridgehead atoms. The maximum absolute atomic E-state index is 10.4. The minimum absolute atomic E-state index is 0.0685. The third-order valence-electron chi connectivity index (χ3n) is 2.00. The Kier molecular flexibility index (Phi) is 4.00. The monoisotopic (exact) mass is 243 g/mol. The Balaban J connectivity index is 2.36. The van der Waals surface area contributed by atoms with Crippen molar-refractivity contribution < 1.29 is 32.1 Å². The molecule has 1 saturated heterocycles. The molecular weight excluding hydrogens is 230 g/mol. The number of aliphatic hydroxyl groups excluding tert-OH is 3. The molecule has 1 aliphatic rings. The molecule has 0 amide bonds. The molecule has 0 radical (unpaired) electrons. The van der Waals surface area contributed by atoms with Crippen LogP contribution in [0.1, 0.15) is 0 Å². The molecule has 0 saturated carbocycles. The van der Waals surface area contributed by atoms with E-state index in [1.165, 1.54) is 0 Å². The zero-order valence-corrected chi connectivity index (χ0v) is 8.61. The smallest absolute Gasteiger partial charge is 0.394 e. The van der Waals surface area contributed by atoms with Gasteiger partial charge in [-0.2, -0.15) is 8.42 Å². The molecule has 90 valence electrons. The minimum Gasteiger partial charge on any atom is -0.394 e. The summed E-state index contributed by atoms with van der Waals surface area (Å²) in [4.78, 5) is 0. The highest BCUT2D eigenvalue weighted by Gasteiger charge is 2.38. The van der Waals surface area contributed by atoms with Gasteiger partial charge in [-0.3, -0.25) is 0 Å². The summed E-state index contributed by atoms with van der Waals surface area (Å²) in [5.41, 5.74) is -1.27. The first-order valence-electron chi connectivity index (χ1n) is 4.16. The molecule has 0 unspecified atom stereocenters. The van der Waals surface area contributed by atoms with Gasteiger partial charge in [0.2, 0.25) is 6.29 Å². The molecule has 0 aromatic carbocycles. The molecule has 0 aliphatic carbocycles. The summed E-state index contributed by atoms with van der Waals surface area (Å²) in [6, 6.07) is 0. The van der Waals surface area contributed by atoms with Crippen molar-refractivity contribution in [1.82, 2.24) is 5.32 Å². The minimum atomic E-state index is -3.85. The summed E-state index contributed by atoms with van der Waals surface area (Å²) in [6.07, 6.45) is -0.987. The lowest BCUT2D eigenvalue weighted by Crippen LogP contribution is -2.58. The summed E-state index contributed by atoms with van der Waals surface area (Å²) < 4.78 is 29.4. The van der Waals surface area contributed by atoms with Crippen molar-refractivity contribution in [2.24, 2.45) is 0 Å². The Labute approximate surface area is 86.8 Å². The predicted octanol–water partition coefficient (Wildman–Crippen LogP) is -3.09. The van der Waals surface area contributed by atoms with Crippen molar-refractivity contribution in [2.75, 3.05) is 26.4 Å². The highest BCUT2D eigenvalue weighted by Crippen LogP contribution is 2.17. The summed E-state index contributed by atoms with van der Waals surface area (Å²) >= 11 is 0. The van der Waals surface area contributed by atoms with Crippen LogP contribution in [0.3, 0.4) is 0 Å². The first-order valence-corrected chi connectivity index (χ1v) is 5.49. The summed E-state index contributed by atoms with van der Waals surface area (Å²) in [5, 5.41) is 29.3. The van der Waals surface area contributed by atoms with Crippen LogP contribution in [0, 0.1) is 0 Å². The molecule has 0 spiro atoms. The number of hydrogen-bond donors (Lipinski definition) is 4. The number of rotatable bonds is 6. The Morgan fingerprint density at radius 1 is 1.13 bits per heavy atom. The molecule has 0 atom stereocenters. The van der Waals surface area contributed by atoms with Crippen LogP contribution >= 0.6 is 0 Å². The highest BCUT2D eigenvalue weighted by molar-refractivity contribution is 7.82. The summed E-state index contributed by atoms with van der Waals surface area (Å²) in [7, 11) is -3.85. The highest BCUT2D eigenvalue weighted by atomic mass is 32.3. The van der Waals surface area contributed by atoms with Crippen LogP contribution in [0.5, 0.6) is 0 Å². The van der Waals surface area contributed by atoms with Crippen molar-refractivity contribution in [3.05, 3.63) is 0 Å². The van der Waals surface area contributed by atoms with E-state index >= 15 is 0 Å². The Morgan fingerprint density at radius 3 is 1.93 bits per heavy atom. The Hall–Kier alpha value is -0.290. The zero-order chi connectivity index (χ0) is 11.5. The molecule has 1 fully saturated rings. The third kappa shape index (κ3) is 3.08. The van der Waals surface area contributed by atoms with Gasteiger partial charge in [-0.1, -0.05) is 0 Å². The van der Waals surface area contributed by atoms with Crippen LogP contribution in [0.2, 0.25) is 0 Å². The third-order valence-corrected chi connectivity index (χ3v) is 2.90. The predicted molar refractivity (Wildman–Crippen MR) is 46.9 cm³/mol. The average Bonchev–Trinajstić information content (AvgIpc) is 2.18. The van der Waals surface area contributed by atoms with Gasteiger partial charge in [0.25, 0.3) is 0 Å². The van der Waals surface area contributed by atoms with Crippen LogP contribution in [-0.4, -0.2) is 61.9 Å². The van der Waals surface area contributed by atoms with Gasteiger partial charge in [0.15, 0.2) is 0 Å². The van der Waals surface area contributed by atoms with E-state index in [4.69, 9.17) is 15.3 Å². The Bertz CT molecular complexity index is 278. The van der Waals surface area contributed by atoms with E-state index in [1.54, 1.807) is 0 Å². The normalized spacial score (nSPS) is 21.3. The van der Waals surface area contributed by atoms with Gasteiger partial charge >= 0.3 is 10.4 Å². The molecule has 0 aromatic rings. The maximum atomic E-state index is 10.4. The second-order valence-corrected chi connectivity index (χ2v) is 4.37. The zero-order valence-electron chi connectivity index (χ0n) is 7.79. The summed E-state index contributed by atoms with van der Waals surface area (Å²) in [6.45, 7) is -1.57. The van der Waals surface area contributed by atoms with Gasteiger partial charge in [0, 0.05) is 0 Å². The molecule has 1 rings (SSSR count). The van der Waals surface area contributed by atoms with Gasteiger partial charge < -0.3 is 20.6 Å². The number of aliphatic hydroxyl groups is 3. The first-order chi connectivity index (χ1) is 6.97. The molecule has 0 aromatic heterocycles. The van der Waals surface area contributed by atoms with Crippen molar-refractivity contribution >= 4 is 10.4 Å². The first kappa shape index (κ1) is 12.8. The van der Waals surface area contributed by atoms with E-state index in [0.717, 1.165) is 0 Å². The van der Waals surface area contributed by atoms with Gasteiger partial charge in [-0.05, 0) is 0 Å². The van der Waals surface area contributed by atoms with E-state index in [0.29, 0.717) is 0 Å². The van der Waals surface area contributed by atoms with Crippen LogP contribution in [0.25, 0.3) is 0 Å². The fourth-order valence-corrected chi connectivity index (χ4v) is 1.63. The van der Waals surface area contributed by atoms with E-state index < -0.39 is 42.0 Å². The molecule has 15 heavy (non-hydrogen) atoms. The van der Waals surface area contributed by atoms with Gasteiger partial charge in [0.05, 0.1) is 31.9 Å². The van der Waals surface area contributed by atoms with Crippen LogP contribution in [0.15, 0.2) is 0 Å². The second-order valence-electron chi connectivity index (χ2n) is 3.17. The van der Waals surface area contributed by atoms with E-state index in [-0.39, 0.29) is 6.54 Å². The molecule has 4 N–H and O–H groups in total. The van der Waals surface area contributed by atoms with Crippen LogP contribution in [-0.2, 0) is 18.8 Å². The van der Waals surface area contributed by atoms with Crippen molar-refractivity contribution in [3.8, 4) is 0 Å². The van der Waals surface area contributed by atoms with E-state index in [2.05, 4.69) is 13.7 Å². The molecule has 1 aliphatic heterocycles. The quantitative estimate of drug-likeness (QED) is 0.387. The van der Waals surface area contributed by atoms with Crippen molar-refractivity contribution in [1.29, 1.82) is 0 Å². The lowest BCUT2D eigenvalue weighted by atomic mass is 10.0. The van der Waals surface area contributed by atoms with E-state index in [1.807, 2.05) is 0 Å². The molecule has 9 heteroatoms. The van der Waals surface area contributed by atoms with Gasteiger partial charge in [-0.25, -0.2) is 8.37 Å². The van der Waals surface area contributed by atoms with Crippen LogP contribution in [0.4, 0.5) is 0 Å². The SMILES string of the molecule is O=S1(=O)OC(CNC(CO)(CO)CO)O1. The van der Waals surface area contributed by atoms with Crippen molar-refractivity contribution in [2.45, 2.75) is 11.8 Å². The summed E-state index contributed by atoms with van der Waals surface area (Å²) in [5.74, 6) is 0. The topological polar surface area (TPSA) is 125 Å². The number of nitrogens with one attached hydrogen (secondary N) is 1. The molecule has 8 nitrogen and oxygen atoms in total. The maximum Gasteiger partial charge on any atom is 0.405 e. The molecular formula is C6H13NO7S. The fraction of sp³-hybridized carbons (Fsp3) is 1.00. The van der Waals surface area contributed by atoms with Gasteiger partial charge in [0.1, 0.15) is 0 Å². The Morgan fingerprint density at radius 2 is 1.60 bits per heavy atom. The standard InChI is InChI=1S/C6H13NO7S/c8-2-6(3-9,4-10)7-1-5-13-15(11,12)14-5/h5,7-10H,1-4H2.